The van der Waals surface area contributed by atoms with Crippen molar-refractivity contribution < 1.29 is 9.59 Å². The molecule has 5 rings (SSSR count). The van der Waals surface area contributed by atoms with E-state index in [9.17, 15) is 9.59 Å². The number of hydrogen-bond acceptors (Lipinski definition) is 3. The van der Waals surface area contributed by atoms with E-state index in [1.165, 1.54) is 22.9 Å². The Morgan fingerprint density at radius 3 is 2.06 bits per heavy atom. The van der Waals surface area contributed by atoms with Crippen LogP contribution in [-0.4, -0.2) is 17.6 Å². The highest BCUT2D eigenvalue weighted by Crippen LogP contribution is 2.36. The van der Waals surface area contributed by atoms with Crippen LogP contribution in [0.2, 0.25) is 5.02 Å². The van der Waals surface area contributed by atoms with Crippen LogP contribution in [0.5, 0.6) is 0 Å². The van der Waals surface area contributed by atoms with Gasteiger partial charge in [-0.3, -0.25) is 14.5 Å². The average Bonchev–Trinajstić information content (AvgIpc) is 3.05. The van der Waals surface area contributed by atoms with E-state index in [1.807, 2.05) is 65.6 Å². The van der Waals surface area contributed by atoms with Crippen LogP contribution in [0.4, 0.5) is 17.1 Å². The molecule has 4 aromatic rings. The lowest BCUT2D eigenvalue weighted by Gasteiger charge is -2.25. The van der Waals surface area contributed by atoms with Gasteiger partial charge in [0.25, 0.3) is 5.91 Å². The van der Waals surface area contributed by atoms with Gasteiger partial charge in [0.05, 0.1) is 17.1 Å². The molecule has 0 atom stereocenters. The number of carbonyl (C=O) groups excluding carboxylic acids is 2. The minimum atomic E-state index is -0.221. The molecule has 4 nitrogen and oxygen atoms in total. The van der Waals surface area contributed by atoms with Crippen LogP contribution in [0.1, 0.15) is 21.5 Å². The molecule has 1 aliphatic rings. The third-order valence-electron chi connectivity index (χ3n) is 5.94. The molecular formula is C29H23ClN2O2S. The quantitative estimate of drug-likeness (QED) is 0.297. The monoisotopic (exact) mass is 498 g/mol. The van der Waals surface area contributed by atoms with Gasteiger partial charge in [-0.25, -0.2) is 0 Å². The standard InChI is InChI=1S/C29H23ClN2O2S/c30-23-9-5-8-22(18-23)29(34)31-24-14-16-25(17-15-24)35-19-28(33)32-26-10-3-1-6-20(26)12-13-21-7-2-4-11-27(21)32/h1-11,14-18H,12-13,19H2,(H,31,34). The molecule has 174 valence electrons. The largest absolute Gasteiger partial charge is 0.322 e. The molecule has 6 heteroatoms. The van der Waals surface area contributed by atoms with E-state index >= 15 is 0 Å². The Labute approximate surface area is 213 Å². The Bertz CT molecular complexity index is 1340. The number of anilines is 3. The van der Waals surface area contributed by atoms with Crippen LogP contribution in [-0.2, 0) is 17.6 Å². The van der Waals surface area contributed by atoms with Gasteiger partial charge in [0.1, 0.15) is 0 Å². The number of para-hydroxylation sites is 2. The van der Waals surface area contributed by atoms with Crippen molar-refractivity contribution in [3.8, 4) is 0 Å². The van der Waals surface area contributed by atoms with E-state index in [2.05, 4.69) is 17.4 Å². The molecule has 1 aliphatic heterocycles. The highest BCUT2D eigenvalue weighted by atomic mass is 35.5. The van der Waals surface area contributed by atoms with E-state index in [-0.39, 0.29) is 11.8 Å². The Morgan fingerprint density at radius 1 is 0.800 bits per heavy atom. The van der Waals surface area contributed by atoms with Crippen molar-refractivity contribution >= 4 is 52.2 Å². The van der Waals surface area contributed by atoms with Gasteiger partial charge in [-0.05, 0) is 78.6 Å². The summed E-state index contributed by atoms with van der Waals surface area (Å²) in [5.74, 6) is 0.119. The molecule has 35 heavy (non-hydrogen) atoms. The van der Waals surface area contributed by atoms with Crippen molar-refractivity contribution in [2.75, 3.05) is 16.0 Å². The van der Waals surface area contributed by atoms with Crippen LogP contribution in [0, 0.1) is 0 Å². The summed E-state index contributed by atoms with van der Waals surface area (Å²) in [5, 5.41) is 3.39. The van der Waals surface area contributed by atoms with Crippen molar-refractivity contribution in [3.05, 3.63) is 119 Å². The second-order valence-corrected chi connectivity index (χ2v) is 9.75. The number of amides is 2. The molecule has 0 spiro atoms. The predicted molar refractivity (Wildman–Crippen MR) is 144 cm³/mol. The van der Waals surface area contributed by atoms with E-state index in [0.29, 0.717) is 22.0 Å². The highest BCUT2D eigenvalue weighted by molar-refractivity contribution is 8.00. The zero-order chi connectivity index (χ0) is 24.2. The Kier molecular flexibility index (Phi) is 6.89. The van der Waals surface area contributed by atoms with Gasteiger partial charge in [-0.15, -0.1) is 11.8 Å². The number of rotatable bonds is 5. The van der Waals surface area contributed by atoms with E-state index in [0.717, 1.165) is 29.1 Å². The van der Waals surface area contributed by atoms with Crippen molar-refractivity contribution in [2.24, 2.45) is 0 Å². The lowest BCUT2D eigenvalue weighted by molar-refractivity contribution is -0.115. The fourth-order valence-corrected chi connectivity index (χ4v) is 5.16. The molecule has 4 aromatic carbocycles. The summed E-state index contributed by atoms with van der Waals surface area (Å²) in [6.07, 6.45) is 1.82. The first-order valence-electron chi connectivity index (χ1n) is 11.4. The summed E-state index contributed by atoms with van der Waals surface area (Å²) in [7, 11) is 0. The van der Waals surface area contributed by atoms with Gasteiger partial charge >= 0.3 is 0 Å². The molecule has 0 fully saturated rings. The van der Waals surface area contributed by atoms with Gasteiger partial charge in [0.15, 0.2) is 0 Å². The molecule has 0 radical (unpaired) electrons. The van der Waals surface area contributed by atoms with Crippen LogP contribution >= 0.6 is 23.4 Å². The number of benzene rings is 4. The maximum atomic E-state index is 13.5. The number of thioether (sulfide) groups is 1. The zero-order valence-corrected chi connectivity index (χ0v) is 20.5. The molecule has 1 heterocycles. The Balaban J connectivity index is 1.28. The molecule has 1 N–H and O–H groups in total. The van der Waals surface area contributed by atoms with Crippen LogP contribution < -0.4 is 10.2 Å². The molecule has 0 unspecified atom stereocenters. The van der Waals surface area contributed by atoms with Crippen molar-refractivity contribution in [2.45, 2.75) is 17.7 Å². The molecular weight excluding hydrogens is 476 g/mol. The van der Waals surface area contributed by atoms with Crippen LogP contribution in [0.25, 0.3) is 0 Å². The van der Waals surface area contributed by atoms with Gasteiger partial charge in [0, 0.05) is 21.2 Å². The Hall–Kier alpha value is -3.54. The third-order valence-corrected chi connectivity index (χ3v) is 7.17. The summed E-state index contributed by atoms with van der Waals surface area (Å²) in [5.41, 5.74) is 5.47. The number of hydrogen-bond donors (Lipinski definition) is 1. The summed E-state index contributed by atoms with van der Waals surface area (Å²) >= 11 is 7.46. The third kappa shape index (κ3) is 5.26. The van der Waals surface area contributed by atoms with E-state index in [1.54, 1.807) is 24.3 Å². The van der Waals surface area contributed by atoms with E-state index in [4.69, 9.17) is 11.6 Å². The van der Waals surface area contributed by atoms with Crippen LogP contribution in [0.3, 0.4) is 0 Å². The van der Waals surface area contributed by atoms with Gasteiger partial charge in [-0.2, -0.15) is 0 Å². The molecule has 0 saturated carbocycles. The molecule has 0 saturated heterocycles. The number of aryl methyl sites for hydroxylation is 2. The van der Waals surface area contributed by atoms with Crippen molar-refractivity contribution in [1.29, 1.82) is 0 Å². The van der Waals surface area contributed by atoms with Crippen molar-refractivity contribution in [1.82, 2.24) is 0 Å². The minimum absolute atomic E-state index is 0.0372. The molecule has 2 amide bonds. The van der Waals surface area contributed by atoms with E-state index < -0.39 is 0 Å². The smallest absolute Gasteiger partial charge is 0.255 e. The molecule has 0 bridgehead atoms. The predicted octanol–water partition coefficient (Wildman–Crippen LogP) is 7.15. The van der Waals surface area contributed by atoms with Gasteiger partial charge in [0.2, 0.25) is 5.91 Å². The van der Waals surface area contributed by atoms with Crippen molar-refractivity contribution in [3.63, 3.8) is 0 Å². The SMILES string of the molecule is O=C(Nc1ccc(SCC(=O)N2c3ccccc3CCc3ccccc32)cc1)c1cccc(Cl)c1. The number of fused-ring (bicyclic) bond motifs is 2. The number of nitrogens with zero attached hydrogens (tertiary/aromatic N) is 1. The second kappa shape index (κ2) is 10.4. The maximum Gasteiger partial charge on any atom is 0.255 e. The second-order valence-electron chi connectivity index (χ2n) is 8.26. The summed E-state index contributed by atoms with van der Waals surface area (Å²) < 4.78 is 0. The summed E-state index contributed by atoms with van der Waals surface area (Å²) in [6, 6.07) is 30.6. The summed E-state index contributed by atoms with van der Waals surface area (Å²) in [6.45, 7) is 0. The minimum Gasteiger partial charge on any atom is -0.322 e. The fourth-order valence-electron chi connectivity index (χ4n) is 4.23. The molecule has 0 aliphatic carbocycles. The van der Waals surface area contributed by atoms with Crippen LogP contribution in [0.15, 0.2) is 102 Å². The Morgan fingerprint density at radius 2 is 1.43 bits per heavy atom. The number of halogens is 1. The fraction of sp³-hybridized carbons (Fsp3) is 0.103. The number of carbonyl (C=O) groups is 2. The zero-order valence-electron chi connectivity index (χ0n) is 18.9. The topological polar surface area (TPSA) is 49.4 Å². The highest BCUT2D eigenvalue weighted by Gasteiger charge is 2.25. The first-order chi connectivity index (χ1) is 17.1. The maximum absolute atomic E-state index is 13.5. The first-order valence-corrected chi connectivity index (χ1v) is 12.7. The first kappa shape index (κ1) is 23.2. The molecule has 0 aromatic heterocycles. The lowest BCUT2D eigenvalue weighted by atomic mass is 10.0. The average molecular weight is 499 g/mol. The van der Waals surface area contributed by atoms with Gasteiger partial charge in [-0.1, -0.05) is 54.1 Å². The number of nitrogens with one attached hydrogen (secondary N) is 1. The normalized spacial score (nSPS) is 12.3. The lowest BCUT2D eigenvalue weighted by Crippen LogP contribution is -2.28. The summed E-state index contributed by atoms with van der Waals surface area (Å²) in [4.78, 5) is 28.7. The van der Waals surface area contributed by atoms with Gasteiger partial charge < -0.3 is 5.32 Å².